The van der Waals surface area contributed by atoms with Gasteiger partial charge in [-0.1, -0.05) is 18.9 Å². The van der Waals surface area contributed by atoms with Crippen LogP contribution in [0.15, 0.2) is 11.6 Å². The lowest BCUT2D eigenvalue weighted by atomic mass is 9.75. The molecule has 0 bridgehead atoms. The zero-order valence-electron chi connectivity index (χ0n) is 11.2. The van der Waals surface area contributed by atoms with E-state index >= 15 is 0 Å². The number of nitrogens with one attached hydrogen (secondary N) is 1. The Morgan fingerprint density at radius 2 is 1.88 bits per heavy atom. The van der Waals surface area contributed by atoms with Crippen molar-refractivity contribution in [3.05, 3.63) is 11.6 Å². The second-order valence-electron chi connectivity index (χ2n) is 5.78. The van der Waals surface area contributed by atoms with E-state index in [-0.39, 0.29) is 0 Å². The molecule has 0 spiro atoms. The Balaban J connectivity index is 1.99. The maximum atomic E-state index is 10.8. The van der Waals surface area contributed by atoms with Gasteiger partial charge in [0.25, 0.3) is 0 Å². The predicted octanol–water partition coefficient (Wildman–Crippen LogP) is 3.16. The summed E-state index contributed by atoms with van der Waals surface area (Å²) in [6, 6.07) is 0.615. The van der Waals surface area contributed by atoms with Crippen molar-refractivity contribution in [2.75, 3.05) is 7.05 Å². The second-order valence-corrected chi connectivity index (χ2v) is 5.78. The maximum absolute atomic E-state index is 10.8. The molecule has 0 heterocycles. The summed E-state index contributed by atoms with van der Waals surface area (Å²) in [4.78, 5) is 0. The van der Waals surface area contributed by atoms with E-state index in [1.54, 1.807) is 0 Å². The van der Waals surface area contributed by atoms with E-state index in [4.69, 9.17) is 0 Å². The minimum Gasteiger partial charge on any atom is -0.386 e. The number of allylic oxidation sites excluding steroid dienone is 1. The Morgan fingerprint density at radius 3 is 2.59 bits per heavy atom. The monoisotopic (exact) mass is 237 g/mol. The van der Waals surface area contributed by atoms with Crippen molar-refractivity contribution in [2.24, 2.45) is 0 Å². The third-order valence-corrected chi connectivity index (χ3v) is 4.61. The summed E-state index contributed by atoms with van der Waals surface area (Å²) < 4.78 is 0. The van der Waals surface area contributed by atoms with E-state index in [2.05, 4.69) is 11.4 Å². The molecule has 2 heteroatoms. The van der Waals surface area contributed by atoms with Gasteiger partial charge in [-0.2, -0.15) is 0 Å². The third-order valence-electron chi connectivity index (χ3n) is 4.61. The van der Waals surface area contributed by atoms with E-state index in [0.29, 0.717) is 6.04 Å². The van der Waals surface area contributed by atoms with Gasteiger partial charge in [-0.3, -0.25) is 0 Å². The number of hydrogen-bond acceptors (Lipinski definition) is 2. The van der Waals surface area contributed by atoms with Crippen LogP contribution in [0.4, 0.5) is 0 Å². The molecule has 0 radical (unpaired) electrons. The highest BCUT2D eigenvalue weighted by Gasteiger charge is 2.35. The Bertz CT molecular complexity index is 264. The molecule has 0 aromatic carbocycles. The lowest BCUT2D eigenvalue weighted by molar-refractivity contribution is 0.0276. The summed E-state index contributed by atoms with van der Waals surface area (Å²) >= 11 is 0. The molecule has 98 valence electrons. The molecule has 0 unspecified atom stereocenters. The molecule has 1 saturated carbocycles. The normalized spacial score (nSPS) is 35.9. The Hall–Kier alpha value is -0.340. The van der Waals surface area contributed by atoms with Gasteiger partial charge >= 0.3 is 0 Å². The van der Waals surface area contributed by atoms with Gasteiger partial charge in [0.2, 0.25) is 0 Å². The summed E-state index contributed by atoms with van der Waals surface area (Å²) in [6.07, 6.45) is 14.1. The van der Waals surface area contributed by atoms with Crippen LogP contribution in [0, 0.1) is 0 Å². The van der Waals surface area contributed by atoms with E-state index in [0.717, 1.165) is 32.1 Å². The Morgan fingerprint density at radius 1 is 1.18 bits per heavy atom. The highest BCUT2D eigenvalue weighted by Crippen LogP contribution is 2.37. The first-order chi connectivity index (χ1) is 8.24. The van der Waals surface area contributed by atoms with Crippen LogP contribution in [-0.4, -0.2) is 23.8 Å². The molecule has 0 aromatic rings. The number of aliphatic hydroxyl groups is 1. The van der Waals surface area contributed by atoms with Gasteiger partial charge in [0, 0.05) is 6.04 Å². The summed E-state index contributed by atoms with van der Waals surface area (Å²) in [5, 5.41) is 14.2. The van der Waals surface area contributed by atoms with Crippen LogP contribution in [0.25, 0.3) is 0 Å². The summed E-state index contributed by atoms with van der Waals surface area (Å²) in [6.45, 7) is 0. The lowest BCUT2D eigenvalue weighted by Crippen LogP contribution is -2.41. The molecule has 17 heavy (non-hydrogen) atoms. The van der Waals surface area contributed by atoms with Crippen LogP contribution in [0.2, 0.25) is 0 Å². The van der Waals surface area contributed by atoms with E-state index in [1.165, 1.54) is 37.7 Å². The number of hydrogen-bond donors (Lipinski definition) is 2. The van der Waals surface area contributed by atoms with Crippen molar-refractivity contribution >= 4 is 0 Å². The molecule has 1 fully saturated rings. The first-order valence-electron chi connectivity index (χ1n) is 7.34. The van der Waals surface area contributed by atoms with Crippen molar-refractivity contribution in [2.45, 2.75) is 75.9 Å². The lowest BCUT2D eigenvalue weighted by Gasteiger charge is -2.38. The fourth-order valence-corrected chi connectivity index (χ4v) is 3.32. The van der Waals surface area contributed by atoms with Crippen molar-refractivity contribution in [3.8, 4) is 0 Å². The van der Waals surface area contributed by atoms with Crippen LogP contribution in [0.5, 0.6) is 0 Å². The Kier molecular flexibility index (Phi) is 4.63. The van der Waals surface area contributed by atoms with Gasteiger partial charge < -0.3 is 10.4 Å². The van der Waals surface area contributed by atoms with E-state index in [9.17, 15) is 5.11 Å². The standard InChI is InChI=1S/C15H27NO/c1-16-14-9-11-15(17,12-10-14)13-7-5-3-2-4-6-8-13/h7,14,16-17H,2-6,8-12H2,1H3. The first-order valence-corrected chi connectivity index (χ1v) is 7.34. The molecule has 2 N–H and O–H groups in total. The van der Waals surface area contributed by atoms with Gasteiger partial charge in [0.05, 0.1) is 5.60 Å². The quantitative estimate of drug-likeness (QED) is 0.723. The van der Waals surface area contributed by atoms with Gasteiger partial charge in [0.15, 0.2) is 0 Å². The fraction of sp³-hybridized carbons (Fsp3) is 0.867. The van der Waals surface area contributed by atoms with Crippen molar-refractivity contribution in [1.29, 1.82) is 0 Å². The van der Waals surface area contributed by atoms with Gasteiger partial charge in [-0.05, 0) is 64.0 Å². The molecule has 0 aliphatic heterocycles. The zero-order valence-corrected chi connectivity index (χ0v) is 11.2. The fourth-order valence-electron chi connectivity index (χ4n) is 3.32. The second kappa shape index (κ2) is 6.01. The molecule has 0 amide bonds. The summed E-state index contributed by atoms with van der Waals surface area (Å²) in [5.74, 6) is 0. The smallest absolute Gasteiger partial charge is 0.0857 e. The molecule has 2 aliphatic carbocycles. The van der Waals surface area contributed by atoms with E-state index in [1.807, 2.05) is 7.05 Å². The van der Waals surface area contributed by atoms with Crippen LogP contribution in [0.1, 0.15) is 64.2 Å². The van der Waals surface area contributed by atoms with Crippen molar-refractivity contribution in [1.82, 2.24) is 5.32 Å². The molecule has 2 nitrogen and oxygen atoms in total. The SMILES string of the molecule is CNC1CCC(O)(C2=CCCCCCC2)CC1. The molecule has 2 aliphatic rings. The largest absolute Gasteiger partial charge is 0.386 e. The van der Waals surface area contributed by atoms with Crippen LogP contribution < -0.4 is 5.32 Å². The summed E-state index contributed by atoms with van der Waals surface area (Å²) in [7, 11) is 2.03. The maximum Gasteiger partial charge on any atom is 0.0857 e. The Labute approximate surface area is 105 Å². The molecular formula is C15H27NO. The molecular weight excluding hydrogens is 210 g/mol. The minimum absolute atomic E-state index is 0.468. The number of rotatable bonds is 2. The average Bonchev–Trinajstić information content (AvgIpc) is 2.29. The van der Waals surface area contributed by atoms with E-state index < -0.39 is 5.60 Å². The average molecular weight is 237 g/mol. The third kappa shape index (κ3) is 3.32. The molecule has 2 rings (SSSR count). The highest BCUT2D eigenvalue weighted by molar-refractivity contribution is 5.18. The van der Waals surface area contributed by atoms with Gasteiger partial charge in [0.1, 0.15) is 0 Å². The molecule has 0 saturated heterocycles. The van der Waals surface area contributed by atoms with Gasteiger partial charge in [-0.15, -0.1) is 0 Å². The minimum atomic E-state index is -0.468. The first kappa shape index (κ1) is 13.1. The zero-order chi connectivity index (χ0) is 12.1. The summed E-state index contributed by atoms with van der Waals surface area (Å²) in [5.41, 5.74) is 0.886. The van der Waals surface area contributed by atoms with Gasteiger partial charge in [-0.25, -0.2) is 0 Å². The predicted molar refractivity (Wildman–Crippen MR) is 72.1 cm³/mol. The van der Waals surface area contributed by atoms with Crippen LogP contribution >= 0.6 is 0 Å². The van der Waals surface area contributed by atoms with Crippen molar-refractivity contribution < 1.29 is 5.11 Å². The molecule has 0 atom stereocenters. The topological polar surface area (TPSA) is 32.3 Å². The van der Waals surface area contributed by atoms with Crippen LogP contribution in [0.3, 0.4) is 0 Å². The highest BCUT2D eigenvalue weighted by atomic mass is 16.3. The van der Waals surface area contributed by atoms with Crippen molar-refractivity contribution in [3.63, 3.8) is 0 Å². The van der Waals surface area contributed by atoms with Crippen LogP contribution in [-0.2, 0) is 0 Å². The molecule has 0 aromatic heterocycles.